The van der Waals surface area contributed by atoms with E-state index in [-0.39, 0.29) is 11.9 Å². The van der Waals surface area contributed by atoms with Gasteiger partial charge in [0.2, 0.25) is 5.91 Å². The first-order valence-corrected chi connectivity index (χ1v) is 13.4. The molecule has 0 bridgehead atoms. The summed E-state index contributed by atoms with van der Waals surface area (Å²) in [7, 11) is 2.11. The monoisotopic (exact) mass is 524 g/mol. The molecule has 2 aromatic carbocycles. The molecule has 39 heavy (non-hydrogen) atoms. The molecule has 1 atom stereocenters. The van der Waals surface area contributed by atoms with E-state index in [1.165, 1.54) is 12.8 Å². The molecule has 1 aliphatic heterocycles. The number of amides is 1. The second-order valence-electron chi connectivity index (χ2n) is 10.1. The minimum Gasteiger partial charge on any atom is -0.457 e. The van der Waals surface area contributed by atoms with Crippen molar-refractivity contribution in [2.24, 2.45) is 0 Å². The van der Waals surface area contributed by atoms with Crippen LogP contribution < -0.4 is 14.8 Å². The molecule has 1 saturated carbocycles. The van der Waals surface area contributed by atoms with Crippen molar-refractivity contribution in [1.82, 2.24) is 25.0 Å². The van der Waals surface area contributed by atoms with Crippen LogP contribution >= 0.6 is 0 Å². The zero-order chi connectivity index (χ0) is 26.6. The maximum absolute atomic E-state index is 12.7. The average molecular weight is 525 g/mol. The molecular weight excluding hydrogens is 492 g/mol. The molecule has 4 aromatic rings. The average Bonchev–Trinajstić information content (AvgIpc) is 3.57. The summed E-state index contributed by atoms with van der Waals surface area (Å²) in [6, 6.07) is 19.7. The van der Waals surface area contributed by atoms with Gasteiger partial charge in [-0.1, -0.05) is 24.3 Å². The second kappa shape index (κ2) is 11.2. The number of likely N-dealkylation sites (N-methyl/N-ethyl adjacent to an activating group) is 1. The lowest BCUT2D eigenvalue weighted by Gasteiger charge is -2.16. The summed E-state index contributed by atoms with van der Waals surface area (Å²) < 4.78 is 12.1. The number of aromatic nitrogens is 3. The fourth-order valence-electron chi connectivity index (χ4n) is 4.80. The number of likely N-dealkylation sites (tertiary alicyclic amines) is 1. The standard InChI is InChI=1S/C30H32N6O3/c1-35(22-9-10-22)18-5-8-27(37)36-19-16-21(20-36)32-30-28-26(15-17-31-29(28)33-34-30)39-25-13-11-24(12-14-25)38-23-6-3-2-4-7-23/h2-8,11-15,17,21-22H,9-10,16,18-20H2,1H3,(H2,31,32,33,34). The van der Waals surface area contributed by atoms with E-state index in [1.807, 2.05) is 71.6 Å². The van der Waals surface area contributed by atoms with Crippen molar-refractivity contribution in [2.45, 2.75) is 31.3 Å². The van der Waals surface area contributed by atoms with Gasteiger partial charge in [0, 0.05) is 50.1 Å². The van der Waals surface area contributed by atoms with Crippen LogP contribution in [0.1, 0.15) is 19.3 Å². The number of hydrogen-bond acceptors (Lipinski definition) is 7. The zero-order valence-corrected chi connectivity index (χ0v) is 21.9. The Kier molecular flexibility index (Phi) is 7.14. The number of carbonyl (C=O) groups excluding carboxylic acids is 1. The predicted octanol–water partition coefficient (Wildman–Crippen LogP) is 5.21. The third-order valence-corrected chi connectivity index (χ3v) is 7.12. The minimum atomic E-state index is 0.0563. The highest BCUT2D eigenvalue weighted by Gasteiger charge is 2.27. The zero-order valence-electron chi connectivity index (χ0n) is 21.9. The molecule has 1 unspecified atom stereocenters. The number of ether oxygens (including phenoxy) is 2. The van der Waals surface area contributed by atoms with Crippen molar-refractivity contribution in [2.75, 3.05) is 32.0 Å². The predicted molar refractivity (Wildman–Crippen MR) is 150 cm³/mol. The molecule has 9 nitrogen and oxygen atoms in total. The van der Waals surface area contributed by atoms with Gasteiger partial charge in [-0.05, 0) is 62.7 Å². The highest BCUT2D eigenvalue weighted by atomic mass is 16.5. The second-order valence-corrected chi connectivity index (χ2v) is 10.1. The van der Waals surface area contributed by atoms with Crippen molar-refractivity contribution in [3.63, 3.8) is 0 Å². The Balaban J connectivity index is 1.09. The highest BCUT2D eigenvalue weighted by molar-refractivity contribution is 5.93. The number of pyridine rings is 1. The van der Waals surface area contributed by atoms with Gasteiger partial charge in [0.1, 0.15) is 28.4 Å². The largest absolute Gasteiger partial charge is 0.457 e. The Morgan fingerprint density at radius 2 is 1.79 bits per heavy atom. The quantitative estimate of drug-likeness (QED) is 0.275. The fraction of sp³-hybridized carbons (Fsp3) is 0.300. The molecule has 1 aliphatic carbocycles. The number of fused-ring (bicyclic) bond motifs is 1. The van der Waals surface area contributed by atoms with E-state index in [1.54, 1.807) is 12.3 Å². The molecule has 2 aromatic heterocycles. The van der Waals surface area contributed by atoms with E-state index in [9.17, 15) is 4.79 Å². The third-order valence-electron chi connectivity index (χ3n) is 7.12. The summed E-state index contributed by atoms with van der Waals surface area (Å²) in [5.74, 6) is 3.54. The molecule has 3 heterocycles. The van der Waals surface area contributed by atoms with E-state index in [0.29, 0.717) is 42.1 Å². The minimum absolute atomic E-state index is 0.0563. The van der Waals surface area contributed by atoms with Crippen molar-refractivity contribution < 1.29 is 14.3 Å². The van der Waals surface area contributed by atoms with E-state index < -0.39 is 0 Å². The number of hydrogen-bond donors (Lipinski definition) is 2. The van der Waals surface area contributed by atoms with Crippen LogP contribution in [0.3, 0.4) is 0 Å². The van der Waals surface area contributed by atoms with Crippen LogP contribution in [0.4, 0.5) is 5.82 Å². The van der Waals surface area contributed by atoms with Gasteiger partial charge in [0.15, 0.2) is 11.5 Å². The Labute approximate surface area is 227 Å². The Morgan fingerprint density at radius 3 is 2.56 bits per heavy atom. The van der Waals surface area contributed by atoms with Gasteiger partial charge in [-0.2, -0.15) is 5.10 Å². The molecular formula is C30H32N6O3. The summed E-state index contributed by atoms with van der Waals surface area (Å²) in [6.07, 6.45) is 8.73. The van der Waals surface area contributed by atoms with Gasteiger partial charge in [0.25, 0.3) is 0 Å². The Hall–Kier alpha value is -4.37. The number of carbonyl (C=O) groups is 1. The van der Waals surface area contributed by atoms with Crippen LogP contribution in [0.2, 0.25) is 0 Å². The first-order chi connectivity index (χ1) is 19.1. The van der Waals surface area contributed by atoms with Crippen LogP contribution in [0, 0.1) is 0 Å². The fourth-order valence-corrected chi connectivity index (χ4v) is 4.80. The van der Waals surface area contributed by atoms with E-state index in [2.05, 4.69) is 32.4 Å². The summed E-state index contributed by atoms with van der Waals surface area (Å²) >= 11 is 0. The first kappa shape index (κ1) is 24.9. The van der Waals surface area contributed by atoms with Crippen LogP contribution in [-0.2, 0) is 4.79 Å². The lowest BCUT2D eigenvalue weighted by molar-refractivity contribution is -0.125. The summed E-state index contributed by atoms with van der Waals surface area (Å²) in [4.78, 5) is 21.3. The molecule has 2 fully saturated rings. The number of aromatic amines is 1. The summed E-state index contributed by atoms with van der Waals surface area (Å²) in [5.41, 5.74) is 0.632. The summed E-state index contributed by atoms with van der Waals surface area (Å²) in [6.45, 7) is 2.14. The van der Waals surface area contributed by atoms with Gasteiger partial charge in [-0.15, -0.1) is 0 Å². The Morgan fingerprint density at radius 1 is 1.05 bits per heavy atom. The number of nitrogens with zero attached hydrogens (tertiary/aromatic N) is 4. The van der Waals surface area contributed by atoms with Gasteiger partial charge >= 0.3 is 0 Å². The van der Waals surface area contributed by atoms with Crippen molar-refractivity contribution in [3.8, 4) is 23.0 Å². The van der Waals surface area contributed by atoms with E-state index in [4.69, 9.17) is 9.47 Å². The number of benzene rings is 2. The Bertz CT molecular complexity index is 1450. The van der Waals surface area contributed by atoms with Gasteiger partial charge in [0.05, 0.1) is 0 Å². The molecule has 9 heteroatoms. The number of H-pyrrole nitrogens is 1. The van der Waals surface area contributed by atoms with Crippen LogP contribution in [0.5, 0.6) is 23.0 Å². The molecule has 2 aliphatic rings. The van der Waals surface area contributed by atoms with E-state index in [0.717, 1.165) is 29.9 Å². The SMILES string of the molecule is CN(CC=CC(=O)N1CCC(Nc2n[nH]c3nccc(Oc4ccc(Oc5ccccc5)cc4)c23)C1)C1CC1. The van der Waals surface area contributed by atoms with Crippen LogP contribution in [0.15, 0.2) is 79.0 Å². The number of nitrogens with one attached hydrogen (secondary N) is 2. The van der Waals surface area contributed by atoms with Crippen LogP contribution in [-0.4, -0.2) is 69.7 Å². The third kappa shape index (κ3) is 6.04. The molecule has 0 radical (unpaired) electrons. The molecule has 2 N–H and O–H groups in total. The molecule has 200 valence electrons. The molecule has 1 saturated heterocycles. The van der Waals surface area contributed by atoms with Gasteiger partial charge in [-0.3, -0.25) is 14.8 Å². The van der Waals surface area contributed by atoms with Crippen LogP contribution in [0.25, 0.3) is 11.0 Å². The maximum Gasteiger partial charge on any atom is 0.246 e. The topological polar surface area (TPSA) is 95.6 Å². The molecule has 1 amide bonds. The summed E-state index contributed by atoms with van der Waals surface area (Å²) in [5, 5.41) is 11.7. The van der Waals surface area contributed by atoms with Crippen molar-refractivity contribution >= 4 is 22.8 Å². The molecule has 0 spiro atoms. The number of anilines is 1. The molecule has 6 rings (SSSR count). The highest BCUT2D eigenvalue weighted by Crippen LogP contribution is 2.34. The number of rotatable bonds is 10. The lowest BCUT2D eigenvalue weighted by atomic mass is 10.2. The smallest absolute Gasteiger partial charge is 0.246 e. The van der Waals surface area contributed by atoms with Gasteiger partial charge < -0.3 is 19.7 Å². The van der Waals surface area contributed by atoms with Crippen molar-refractivity contribution in [3.05, 3.63) is 79.0 Å². The first-order valence-electron chi connectivity index (χ1n) is 13.4. The number of para-hydroxylation sites is 1. The normalized spacial score (nSPS) is 17.3. The van der Waals surface area contributed by atoms with E-state index >= 15 is 0 Å². The van der Waals surface area contributed by atoms with Gasteiger partial charge in [-0.25, -0.2) is 4.98 Å². The van der Waals surface area contributed by atoms with Crippen molar-refractivity contribution in [1.29, 1.82) is 0 Å². The lowest BCUT2D eigenvalue weighted by Crippen LogP contribution is -2.30. The maximum atomic E-state index is 12.7.